The third-order valence-corrected chi connectivity index (χ3v) is 7.54. The van der Waals surface area contributed by atoms with Crippen molar-refractivity contribution in [1.29, 1.82) is 0 Å². The zero-order valence-electron chi connectivity index (χ0n) is 19.7. The molecule has 0 saturated heterocycles. The molecule has 1 aromatic heterocycles. The Balaban J connectivity index is 1.52. The summed E-state index contributed by atoms with van der Waals surface area (Å²) in [5.41, 5.74) is 7.15. The number of nitrogens with one attached hydrogen (secondary N) is 1. The maximum atomic E-state index is 13.5. The fourth-order valence-corrected chi connectivity index (χ4v) is 5.95. The Bertz CT molecular complexity index is 1400. The van der Waals surface area contributed by atoms with Crippen molar-refractivity contribution in [2.45, 2.75) is 44.6 Å². The van der Waals surface area contributed by atoms with Crippen LogP contribution in [-0.2, 0) is 6.54 Å². The SMILES string of the molecule is O=Cc1ccc2c(C3CCCCC3)c3n(c2c1)CCN(C(=O)Nc1ccccc1)c1ccccc1-3. The molecule has 0 radical (unpaired) electrons. The predicted molar refractivity (Wildman–Crippen MR) is 141 cm³/mol. The van der Waals surface area contributed by atoms with Crippen LogP contribution in [0.2, 0.25) is 0 Å². The maximum absolute atomic E-state index is 13.5. The van der Waals surface area contributed by atoms with Crippen LogP contribution in [0.5, 0.6) is 0 Å². The van der Waals surface area contributed by atoms with Crippen molar-refractivity contribution in [1.82, 2.24) is 4.57 Å². The molecule has 2 amide bonds. The van der Waals surface area contributed by atoms with Gasteiger partial charge in [0.2, 0.25) is 0 Å². The summed E-state index contributed by atoms with van der Waals surface area (Å²) in [5.74, 6) is 0.488. The van der Waals surface area contributed by atoms with E-state index in [0.29, 0.717) is 24.6 Å². The Morgan fingerprint density at radius 2 is 1.66 bits per heavy atom. The van der Waals surface area contributed by atoms with Gasteiger partial charge in [0, 0.05) is 40.8 Å². The van der Waals surface area contributed by atoms with E-state index in [1.807, 2.05) is 53.4 Å². The number of carbonyl (C=O) groups is 2. The highest BCUT2D eigenvalue weighted by molar-refractivity contribution is 6.06. The van der Waals surface area contributed by atoms with Crippen molar-refractivity contribution in [2.75, 3.05) is 16.8 Å². The van der Waals surface area contributed by atoms with E-state index in [2.05, 4.69) is 34.1 Å². The van der Waals surface area contributed by atoms with Crippen LogP contribution in [0.25, 0.3) is 22.2 Å². The van der Waals surface area contributed by atoms with E-state index in [1.165, 1.54) is 48.7 Å². The number of hydrogen-bond donors (Lipinski definition) is 1. The van der Waals surface area contributed by atoms with Crippen molar-refractivity contribution in [2.24, 2.45) is 0 Å². The molecule has 176 valence electrons. The lowest BCUT2D eigenvalue weighted by atomic mass is 9.81. The zero-order chi connectivity index (χ0) is 23.8. The molecule has 3 aromatic carbocycles. The van der Waals surface area contributed by atoms with Gasteiger partial charge >= 0.3 is 6.03 Å². The summed E-state index contributed by atoms with van der Waals surface area (Å²) in [5, 5.41) is 4.31. The number of rotatable bonds is 3. The molecular formula is C30H29N3O2. The highest BCUT2D eigenvalue weighted by atomic mass is 16.2. The lowest BCUT2D eigenvalue weighted by molar-refractivity contribution is 0.112. The van der Waals surface area contributed by atoms with Gasteiger partial charge in [-0.15, -0.1) is 0 Å². The van der Waals surface area contributed by atoms with Crippen LogP contribution in [0, 0.1) is 0 Å². The molecule has 0 spiro atoms. The van der Waals surface area contributed by atoms with Crippen molar-refractivity contribution in [3.63, 3.8) is 0 Å². The quantitative estimate of drug-likeness (QED) is 0.326. The molecule has 2 aliphatic rings. The van der Waals surface area contributed by atoms with E-state index in [4.69, 9.17) is 0 Å². The first-order valence-electron chi connectivity index (χ1n) is 12.6. The number of fused-ring (bicyclic) bond motifs is 5. The highest BCUT2D eigenvalue weighted by Gasteiger charge is 2.31. The fourth-order valence-electron chi connectivity index (χ4n) is 5.95. The van der Waals surface area contributed by atoms with Gasteiger partial charge in [0.25, 0.3) is 0 Å². The number of para-hydroxylation sites is 2. The lowest BCUT2D eigenvalue weighted by Crippen LogP contribution is -2.36. The molecule has 0 bridgehead atoms. The number of amides is 2. The van der Waals surface area contributed by atoms with E-state index in [-0.39, 0.29) is 6.03 Å². The summed E-state index contributed by atoms with van der Waals surface area (Å²) >= 11 is 0. The number of anilines is 2. The second kappa shape index (κ2) is 9.06. The minimum absolute atomic E-state index is 0.133. The number of urea groups is 1. The van der Waals surface area contributed by atoms with E-state index in [9.17, 15) is 9.59 Å². The molecule has 5 heteroatoms. The number of benzene rings is 3. The van der Waals surface area contributed by atoms with Crippen molar-refractivity contribution < 1.29 is 9.59 Å². The van der Waals surface area contributed by atoms with Crippen LogP contribution in [-0.4, -0.2) is 23.4 Å². The molecule has 1 N–H and O–H groups in total. The molecule has 1 aliphatic heterocycles. The third kappa shape index (κ3) is 3.81. The number of hydrogen-bond acceptors (Lipinski definition) is 2. The summed E-state index contributed by atoms with van der Waals surface area (Å²) in [6.07, 6.45) is 7.07. The molecule has 6 rings (SSSR count). The average molecular weight is 464 g/mol. The minimum Gasteiger partial charge on any atom is -0.338 e. The van der Waals surface area contributed by atoms with E-state index in [1.54, 1.807) is 0 Å². The first-order valence-corrected chi connectivity index (χ1v) is 12.6. The van der Waals surface area contributed by atoms with Crippen LogP contribution in [0.15, 0.2) is 72.8 Å². The number of nitrogens with zero attached hydrogens (tertiary/aromatic N) is 2. The number of aromatic nitrogens is 1. The lowest BCUT2D eigenvalue weighted by Gasteiger charge is -2.25. The van der Waals surface area contributed by atoms with Crippen LogP contribution < -0.4 is 10.2 Å². The highest BCUT2D eigenvalue weighted by Crippen LogP contribution is 2.47. The van der Waals surface area contributed by atoms with Crippen LogP contribution in [0.1, 0.15) is 53.9 Å². The second-order valence-corrected chi connectivity index (χ2v) is 9.61. The first-order chi connectivity index (χ1) is 17.2. The van der Waals surface area contributed by atoms with Gasteiger partial charge in [-0.1, -0.05) is 67.8 Å². The van der Waals surface area contributed by atoms with Crippen molar-refractivity contribution in [3.05, 3.63) is 83.9 Å². The Kier molecular flexibility index (Phi) is 5.61. The van der Waals surface area contributed by atoms with Gasteiger partial charge in [0.15, 0.2) is 0 Å². The van der Waals surface area contributed by atoms with Gasteiger partial charge in [0.05, 0.1) is 11.4 Å². The molecule has 1 fully saturated rings. The predicted octanol–water partition coefficient (Wildman–Crippen LogP) is 7.22. The van der Waals surface area contributed by atoms with Crippen molar-refractivity contribution in [3.8, 4) is 11.3 Å². The van der Waals surface area contributed by atoms with Crippen LogP contribution in [0.3, 0.4) is 0 Å². The van der Waals surface area contributed by atoms with Crippen molar-refractivity contribution >= 4 is 34.6 Å². The molecule has 1 saturated carbocycles. The molecule has 0 atom stereocenters. The molecule has 4 aromatic rings. The number of aldehydes is 1. The zero-order valence-corrected chi connectivity index (χ0v) is 19.7. The Hall–Kier alpha value is -3.86. The van der Waals surface area contributed by atoms with E-state index < -0.39 is 0 Å². The molecule has 1 aliphatic carbocycles. The standard InChI is InChI=1S/C30H29N3O2/c34-20-21-15-16-24-27(19-21)32-17-18-33(30(35)31-23-11-5-2-6-12-23)26-14-8-7-13-25(26)29(32)28(24)22-9-3-1-4-10-22/h2,5-8,11-16,19-20,22H,1,3-4,9-10,17-18H2,(H,31,35). The largest absolute Gasteiger partial charge is 0.338 e. The molecule has 35 heavy (non-hydrogen) atoms. The monoisotopic (exact) mass is 463 g/mol. The molecule has 0 unspecified atom stereocenters. The summed E-state index contributed by atoms with van der Waals surface area (Å²) < 4.78 is 2.35. The Morgan fingerprint density at radius 3 is 2.46 bits per heavy atom. The van der Waals surface area contributed by atoms with E-state index >= 15 is 0 Å². The van der Waals surface area contributed by atoms with Gasteiger partial charge in [0.1, 0.15) is 6.29 Å². The summed E-state index contributed by atoms with van der Waals surface area (Å²) in [6.45, 7) is 1.21. The Labute approximate surface area is 205 Å². The third-order valence-electron chi connectivity index (χ3n) is 7.54. The van der Waals surface area contributed by atoms with Gasteiger partial charge < -0.3 is 9.88 Å². The minimum atomic E-state index is -0.133. The van der Waals surface area contributed by atoms with E-state index in [0.717, 1.165) is 28.7 Å². The summed E-state index contributed by atoms with van der Waals surface area (Å²) in [6, 6.07) is 23.8. The average Bonchev–Trinajstić information content (AvgIpc) is 3.13. The maximum Gasteiger partial charge on any atom is 0.326 e. The van der Waals surface area contributed by atoms with Gasteiger partial charge in [-0.2, -0.15) is 0 Å². The second-order valence-electron chi connectivity index (χ2n) is 9.61. The molecular weight excluding hydrogens is 434 g/mol. The summed E-state index contributed by atoms with van der Waals surface area (Å²) in [4.78, 5) is 27.0. The van der Waals surface area contributed by atoms with Gasteiger partial charge in [-0.05, 0) is 48.6 Å². The Morgan fingerprint density at radius 1 is 0.886 bits per heavy atom. The van der Waals surface area contributed by atoms with Crippen LogP contribution in [0.4, 0.5) is 16.2 Å². The normalized spacial score (nSPS) is 15.8. The summed E-state index contributed by atoms with van der Waals surface area (Å²) in [7, 11) is 0. The molecule has 5 nitrogen and oxygen atoms in total. The first kappa shape index (κ1) is 21.7. The smallest absolute Gasteiger partial charge is 0.326 e. The molecule has 2 heterocycles. The fraction of sp³-hybridized carbons (Fsp3) is 0.267. The van der Waals surface area contributed by atoms with Crippen LogP contribution >= 0.6 is 0 Å². The van der Waals surface area contributed by atoms with Gasteiger partial charge in [-0.3, -0.25) is 9.69 Å². The van der Waals surface area contributed by atoms with Gasteiger partial charge in [-0.25, -0.2) is 4.79 Å². The topological polar surface area (TPSA) is 54.3 Å². The number of carbonyl (C=O) groups excluding carboxylic acids is 2.